The van der Waals surface area contributed by atoms with Crippen LogP contribution in [-0.4, -0.2) is 23.0 Å². The molecule has 0 heterocycles. The number of nitrogens with one attached hydrogen (secondary N) is 1. The third-order valence-corrected chi connectivity index (χ3v) is 2.77. The third kappa shape index (κ3) is 6.97. The summed E-state index contributed by atoms with van der Waals surface area (Å²) in [4.78, 5) is 22.5. The molecule has 0 aromatic carbocycles. The Morgan fingerprint density at radius 1 is 1.18 bits per heavy atom. The van der Waals surface area contributed by atoms with Crippen LogP contribution in [0.3, 0.4) is 0 Å². The molecule has 4 nitrogen and oxygen atoms in total. The van der Waals surface area contributed by atoms with Crippen LogP contribution in [0.15, 0.2) is 0 Å². The van der Waals surface area contributed by atoms with Crippen molar-refractivity contribution in [1.29, 1.82) is 0 Å². The van der Waals surface area contributed by atoms with Gasteiger partial charge in [0, 0.05) is 12.5 Å². The van der Waals surface area contributed by atoms with Gasteiger partial charge in [-0.3, -0.25) is 9.59 Å². The Kier molecular flexibility index (Phi) is 6.21. The third-order valence-electron chi connectivity index (χ3n) is 2.77. The lowest BCUT2D eigenvalue weighted by Gasteiger charge is -2.21. The predicted octanol–water partition coefficient (Wildman–Crippen LogP) is 2.43. The lowest BCUT2D eigenvalue weighted by molar-refractivity contribution is -0.149. The van der Waals surface area contributed by atoms with E-state index in [1.807, 2.05) is 6.92 Å². The summed E-state index contributed by atoms with van der Waals surface area (Å²) < 4.78 is 0. The quantitative estimate of drug-likeness (QED) is 0.721. The molecule has 0 radical (unpaired) electrons. The maximum Gasteiger partial charge on any atom is 0.309 e. The first-order valence-electron chi connectivity index (χ1n) is 6.18. The molecule has 0 rings (SSSR count). The van der Waals surface area contributed by atoms with Crippen LogP contribution < -0.4 is 5.32 Å². The van der Waals surface area contributed by atoms with Crippen molar-refractivity contribution in [3.63, 3.8) is 0 Å². The number of hydrogen-bond donors (Lipinski definition) is 2. The van der Waals surface area contributed by atoms with Crippen molar-refractivity contribution in [2.45, 2.75) is 59.9 Å². The topological polar surface area (TPSA) is 66.4 Å². The molecule has 1 unspecified atom stereocenters. The highest BCUT2D eigenvalue weighted by atomic mass is 16.4. The Hall–Kier alpha value is -1.06. The fourth-order valence-corrected chi connectivity index (χ4v) is 1.46. The average molecular weight is 243 g/mol. The highest BCUT2D eigenvalue weighted by Crippen LogP contribution is 2.20. The van der Waals surface area contributed by atoms with Gasteiger partial charge in [-0.05, 0) is 39.5 Å². The molecule has 4 heteroatoms. The fourth-order valence-electron chi connectivity index (χ4n) is 1.46. The molecule has 1 atom stereocenters. The summed E-state index contributed by atoms with van der Waals surface area (Å²) in [6.45, 7) is 9.36. The van der Waals surface area contributed by atoms with Crippen molar-refractivity contribution in [3.05, 3.63) is 0 Å². The van der Waals surface area contributed by atoms with E-state index in [1.54, 1.807) is 13.8 Å². The maximum atomic E-state index is 11.6. The van der Waals surface area contributed by atoms with Crippen molar-refractivity contribution < 1.29 is 14.7 Å². The minimum absolute atomic E-state index is 0.0222. The molecule has 2 N–H and O–H groups in total. The normalized spacial score (nSPS) is 13.5. The summed E-state index contributed by atoms with van der Waals surface area (Å²) in [5.74, 6) is -0.513. The van der Waals surface area contributed by atoms with E-state index in [0.29, 0.717) is 5.92 Å². The minimum atomic E-state index is -0.998. The van der Waals surface area contributed by atoms with Gasteiger partial charge in [-0.15, -0.1) is 0 Å². The Balaban J connectivity index is 4.06. The Bertz CT molecular complexity index is 272. The lowest BCUT2D eigenvalue weighted by Crippen LogP contribution is -2.37. The molecule has 17 heavy (non-hydrogen) atoms. The predicted molar refractivity (Wildman–Crippen MR) is 67.7 cm³/mol. The van der Waals surface area contributed by atoms with Crippen LogP contribution in [0.25, 0.3) is 0 Å². The molecule has 1 amide bonds. The van der Waals surface area contributed by atoms with Crippen LogP contribution in [0.5, 0.6) is 0 Å². The number of carboxylic acid groups (broad SMARTS) is 1. The van der Waals surface area contributed by atoms with Crippen LogP contribution in [0.1, 0.15) is 53.9 Å². The number of hydrogen-bond acceptors (Lipinski definition) is 2. The van der Waals surface area contributed by atoms with Crippen LogP contribution in [0, 0.1) is 11.3 Å². The molecule has 0 bridgehead atoms. The number of carboxylic acids is 1. The van der Waals surface area contributed by atoms with Crippen molar-refractivity contribution >= 4 is 11.9 Å². The minimum Gasteiger partial charge on any atom is -0.481 e. The highest BCUT2D eigenvalue weighted by Gasteiger charge is 2.30. The first-order valence-corrected chi connectivity index (χ1v) is 6.18. The standard InChI is InChI=1S/C13H25NO3/c1-9(2)6-7-10(3)14-11(15)8-13(4,5)12(16)17/h9-10H,6-8H2,1-5H3,(H,14,15)(H,16,17). The van der Waals surface area contributed by atoms with Crippen molar-refractivity contribution in [3.8, 4) is 0 Å². The number of amides is 1. The monoisotopic (exact) mass is 243 g/mol. The van der Waals surface area contributed by atoms with Crippen LogP contribution in [0.2, 0.25) is 0 Å². The van der Waals surface area contributed by atoms with Gasteiger partial charge in [0.25, 0.3) is 0 Å². The van der Waals surface area contributed by atoms with Gasteiger partial charge >= 0.3 is 5.97 Å². The maximum absolute atomic E-state index is 11.6. The largest absolute Gasteiger partial charge is 0.481 e. The Morgan fingerprint density at radius 2 is 1.71 bits per heavy atom. The van der Waals surface area contributed by atoms with Gasteiger partial charge in [0.15, 0.2) is 0 Å². The second-order valence-electron chi connectivity index (χ2n) is 5.81. The lowest BCUT2D eigenvalue weighted by atomic mass is 9.89. The van der Waals surface area contributed by atoms with Gasteiger partial charge in [0.05, 0.1) is 5.41 Å². The molecule has 0 fully saturated rings. The van der Waals surface area contributed by atoms with E-state index in [1.165, 1.54) is 0 Å². The van der Waals surface area contributed by atoms with E-state index in [9.17, 15) is 9.59 Å². The van der Waals surface area contributed by atoms with E-state index in [2.05, 4.69) is 19.2 Å². The van der Waals surface area contributed by atoms with Gasteiger partial charge in [0.2, 0.25) is 5.91 Å². The van der Waals surface area contributed by atoms with Crippen molar-refractivity contribution in [2.24, 2.45) is 11.3 Å². The van der Waals surface area contributed by atoms with Crippen molar-refractivity contribution in [2.75, 3.05) is 0 Å². The molecule has 100 valence electrons. The second kappa shape index (κ2) is 6.62. The van der Waals surface area contributed by atoms with E-state index < -0.39 is 11.4 Å². The van der Waals surface area contributed by atoms with Crippen LogP contribution >= 0.6 is 0 Å². The van der Waals surface area contributed by atoms with Crippen LogP contribution in [0.4, 0.5) is 0 Å². The molecule has 0 aromatic rings. The molecule has 0 aliphatic carbocycles. The van der Waals surface area contributed by atoms with E-state index in [4.69, 9.17) is 5.11 Å². The van der Waals surface area contributed by atoms with Crippen LogP contribution in [-0.2, 0) is 9.59 Å². The average Bonchev–Trinajstić information content (AvgIpc) is 2.13. The van der Waals surface area contributed by atoms with Gasteiger partial charge in [-0.25, -0.2) is 0 Å². The summed E-state index contributed by atoms with van der Waals surface area (Å²) in [6, 6.07) is 0.106. The van der Waals surface area contributed by atoms with Gasteiger partial charge < -0.3 is 10.4 Å². The van der Waals surface area contributed by atoms with Gasteiger partial charge in [-0.1, -0.05) is 13.8 Å². The molecule has 0 saturated carbocycles. The summed E-state index contributed by atoms with van der Waals surface area (Å²) in [5.41, 5.74) is -0.998. The molecular weight excluding hydrogens is 218 g/mol. The Labute approximate surface area is 104 Å². The molecule has 0 aromatic heterocycles. The zero-order chi connectivity index (χ0) is 13.6. The zero-order valence-corrected chi connectivity index (χ0v) is 11.5. The van der Waals surface area contributed by atoms with E-state index in [0.717, 1.165) is 12.8 Å². The highest BCUT2D eigenvalue weighted by molar-refractivity contribution is 5.84. The molecule has 0 aliphatic rings. The molecule has 0 saturated heterocycles. The van der Waals surface area contributed by atoms with E-state index >= 15 is 0 Å². The smallest absolute Gasteiger partial charge is 0.309 e. The summed E-state index contributed by atoms with van der Waals surface area (Å²) in [7, 11) is 0. The number of rotatable bonds is 7. The SMILES string of the molecule is CC(C)CCC(C)NC(=O)CC(C)(C)C(=O)O. The summed E-state index contributed by atoms with van der Waals surface area (Å²) >= 11 is 0. The molecular formula is C13H25NO3. The van der Waals surface area contributed by atoms with Crippen molar-refractivity contribution in [1.82, 2.24) is 5.32 Å². The Morgan fingerprint density at radius 3 is 2.12 bits per heavy atom. The first-order chi connectivity index (χ1) is 7.65. The van der Waals surface area contributed by atoms with E-state index in [-0.39, 0.29) is 18.4 Å². The number of aliphatic carboxylic acids is 1. The molecule has 0 spiro atoms. The first kappa shape index (κ1) is 15.9. The van der Waals surface area contributed by atoms with Gasteiger partial charge in [-0.2, -0.15) is 0 Å². The second-order valence-corrected chi connectivity index (χ2v) is 5.81. The summed E-state index contributed by atoms with van der Waals surface area (Å²) in [6.07, 6.45) is 2.01. The zero-order valence-electron chi connectivity index (χ0n) is 11.5. The summed E-state index contributed by atoms with van der Waals surface area (Å²) in [5, 5.41) is 11.8. The van der Waals surface area contributed by atoms with Gasteiger partial charge in [0.1, 0.15) is 0 Å². The number of carbonyl (C=O) groups is 2. The number of carbonyl (C=O) groups excluding carboxylic acids is 1. The molecule has 0 aliphatic heterocycles. The fraction of sp³-hybridized carbons (Fsp3) is 0.846.